The van der Waals surface area contributed by atoms with Gasteiger partial charge in [0.2, 0.25) is 5.91 Å². The Labute approximate surface area is 122 Å². The molecule has 0 radical (unpaired) electrons. The summed E-state index contributed by atoms with van der Waals surface area (Å²) in [6.45, 7) is 2.56. The highest BCUT2D eigenvalue weighted by atomic mass is 16.2. The topological polar surface area (TPSA) is 83.9 Å². The van der Waals surface area contributed by atoms with Crippen molar-refractivity contribution in [2.24, 2.45) is 0 Å². The number of hydrogen-bond donors (Lipinski definition) is 3. The van der Waals surface area contributed by atoms with E-state index in [2.05, 4.69) is 26.3 Å². The number of rotatable bonds is 4. The summed E-state index contributed by atoms with van der Waals surface area (Å²) < 4.78 is 1.69. The summed E-state index contributed by atoms with van der Waals surface area (Å²) in [6.07, 6.45) is 3.95. The summed E-state index contributed by atoms with van der Waals surface area (Å²) in [5, 5.41) is 7.01. The molecule has 1 amide bonds. The zero-order valence-corrected chi connectivity index (χ0v) is 11.8. The van der Waals surface area contributed by atoms with Crippen LogP contribution in [0, 0.1) is 0 Å². The average Bonchev–Trinajstić information content (AvgIpc) is 3.16. The lowest BCUT2D eigenvalue weighted by Gasteiger charge is -2.11. The lowest BCUT2D eigenvalue weighted by Crippen LogP contribution is -2.43. The Balaban J connectivity index is 1.55. The van der Waals surface area contributed by atoms with E-state index in [1.165, 1.54) is 6.33 Å². The van der Waals surface area contributed by atoms with E-state index in [0.29, 0.717) is 12.6 Å². The molecule has 1 aromatic carbocycles. The van der Waals surface area contributed by atoms with Gasteiger partial charge in [-0.25, -0.2) is 15.1 Å². The van der Waals surface area contributed by atoms with E-state index >= 15 is 0 Å². The number of hydrogen-bond acceptors (Lipinski definition) is 5. The first-order chi connectivity index (χ1) is 10.2. The Morgan fingerprint density at radius 1 is 1.38 bits per heavy atom. The molecule has 0 spiro atoms. The number of amides is 1. The zero-order valence-electron chi connectivity index (χ0n) is 11.8. The molecule has 1 aliphatic heterocycles. The SMILES string of the molecule is CC1CC(C(=O)NCc2ccc(-n3cncn3)cc2)NN1. The number of hydrazine groups is 1. The van der Waals surface area contributed by atoms with Crippen molar-refractivity contribution in [1.82, 2.24) is 30.9 Å². The fraction of sp³-hybridized carbons (Fsp3) is 0.357. The third-order valence-corrected chi connectivity index (χ3v) is 3.50. The Morgan fingerprint density at radius 2 is 2.19 bits per heavy atom. The van der Waals surface area contributed by atoms with Gasteiger partial charge in [0.05, 0.1) is 5.69 Å². The first-order valence-corrected chi connectivity index (χ1v) is 6.95. The lowest BCUT2D eigenvalue weighted by atomic mass is 10.1. The maximum Gasteiger partial charge on any atom is 0.238 e. The summed E-state index contributed by atoms with van der Waals surface area (Å²) in [5.74, 6) is 0.0206. The summed E-state index contributed by atoms with van der Waals surface area (Å²) in [6, 6.07) is 8.01. The van der Waals surface area contributed by atoms with Crippen LogP contribution in [0.3, 0.4) is 0 Å². The number of carbonyl (C=O) groups excluding carboxylic acids is 1. The van der Waals surface area contributed by atoms with Gasteiger partial charge in [-0.05, 0) is 31.0 Å². The van der Waals surface area contributed by atoms with Crippen molar-refractivity contribution in [3.8, 4) is 5.69 Å². The normalized spacial score (nSPS) is 21.4. The molecule has 2 aromatic rings. The van der Waals surface area contributed by atoms with Gasteiger partial charge in [-0.1, -0.05) is 12.1 Å². The number of nitrogens with zero attached hydrogens (tertiary/aromatic N) is 3. The molecule has 3 rings (SSSR count). The summed E-state index contributed by atoms with van der Waals surface area (Å²) in [5.41, 5.74) is 8.02. The van der Waals surface area contributed by atoms with E-state index in [4.69, 9.17) is 0 Å². The van der Waals surface area contributed by atoms with Gasteiger partial charge >= 0.3 is 0 Å². The standard InChI is InChI=1S/C14H18N6O/c1-10-6-13(19-18-10)14(21)16-7-11-2-4-12(5-3-11)20-9-15-8-17-20/h2-5,8-10,13,18-19H,6-7H2,1H3,(H,16,21). The zero-order chi connectivity index (χ0) is 14.7. The molecule has 0 aliphatic carbocycles. The quantitative estimate of drug-likeness (QED) is 0.744. The summed E-state index contributed by atoms with van der Waals surface area (Å²) in [4.78, 5) is 15.9. The number of benzene rings is 1. The Hall–Kier alpha value is -2.25. The van der Waals surface area contributed by atoms with E-state index in [0.717, 1.165) is 17.7 Å². The molecule has 1 aromatic heterocycles. The van der Waals surface area contributed by atoms with Crippen molar-refractivity contribution >= 4 is 5.91 Å². The third kappa shape index (κ3) is 3.26. The van der Waals surface area contributed by atoms with Crippen LogP contribution in [0.1, 0.15) is 18.9 Å². The molecule has 0 saturated carbocycles. The van der Waals surface area contributed by atoms with Crippen LogP contribution < -0.4 is 16.2 Å². The second kappa shape index (κ2) is 6.02. The third-order valence-electron chi connectivity index (χ3n) is 3.50. The van der Waals surface area contributed by atoms with E-state index in [1.807, 2.05) is 31.2 Å². The van der Waals surface area contributed by atoms with Gasteiger partial charge in [0.1, 0.15) is 18.7 Å². The molecular formula is C14H18N6O. The van der Waals surface area contributed by atoms with E-state index in [-0.39, 0.29) is 11.9 Å². The van der Waals surface area contributed by atoms with Gasteiger partial charge in [-0.3, -0.25) is 10.2 Å². The fourth-order valence-corrected chi connectivity index (χ4v) is 2.31. The second-order valence-electron chi connectivity index (χ2n) is 5.20. The molecule has 1 aliphatic rings. The maximum absolute atomic E-state index is 12.0. The van der Waals surface area contributed by atoms with Gasteiger partial charge in [0, 0.05) is 12.6 Å². The van der Waals surface area contributed by atoms with Gasteiger partial charge in [-0.15, -0.1) is 0 Å². The molecule has 21 heavy (non-hydrogen) atoms. The van der Waals surface area contributed by atoms with Gasteiger partial charge < -0.3 is 5.32 Å². The molecule has 2 atom stereocenters. The van der Waals surface area contributed by atoms with Gasteiger partial charge in [0.25, 0.3) is 0 Å². The van der Waals surface area contributed by atoms with Crippen molar-refractivity contribution in [2.45, 2.75) is 32.0 Å². The van der Waals surface area contributed by atoms with E-state index in [1.54, 1.807) is 11.0 Å². The average molecular weight is 286 g/mol. The van der Waals surface area contributed by atoms with Crippen LogP contribution in [0.15, 0.2) is 36.9 Å². The van der Waals surface area contributed by atoms with Crippen molar-refractivity contribution in [2.75, 3.05) is 0 Å². The molecule has 3 N–H and O–H groups in total. The molecule has 7 heteroatoms. The highest BCUT2D eigenvalue weighted by Gasteiger charge is 2.26. The monoisotopic (exact) mass is 286 g/mol. The Kier molecular flexibility index (Phi) is 3.94. The minimum atomic E-state index is -0.158. The lowest BCUT2D eigenvalue weighted by molar-refractivity contribution is -0.123. The van der Waals surface area contributed by atoms with Crippen molar-refractivity contribution in [3.63, 3.8) is 0 Å². The highest BCUT2D eigenvalue weighted by Crippen LogP contribution is 2.08. The summed E-state index contributed by atoms with van der Waals surface area (Å²) in [7, 11) is 0. The maximum atomic E-state index is 12.0. The molecule has 2 unspecified atom stereocenters. The van der Waals surface area contributed by atoms with Crippen LogP contribution >= 0.6 is 0 Å². The smallest absolute Gasteiger partial charge is 0.238 e. The number of nitrogens with one attached hydrogen (secondary N) is 3. The predicted molar refractivity (Wildman–Crippen MR) is 77.3 cm³/mol. The van der Waals surface area contributed by atoms with Crippen LogP contribution in [0.2, 0.25) is 0 Å². The predicted octanol–water partition coefficient (Wildman–Crippen LogP) is 0.138. The van der Waals surface area contributed by atoms with E-state index < -0.39 is 0 Å². The van der Waals surface area contributed by atoms with Crippen LogP contribution in [0.4, 0.5) is 0 Å². The molecule has 0 bridgehead atoms. The Bertz CT molecular complexity index is 594. The Morgan fingerprint density at radius 3 is 2.81 bits per heavy atom. The molecule has 110 valence electrons. The van der Waals surface area contributed by atoms with Crippen LogP contribution in [-0.2, 0) is 11.3 Å². The van der Waals surface area contributed by atoms with Crippen molar-refractivity contribution < 1.29 is 4.79 Å². The fourth-order valence-electron chi connectivity index (χ4n) is 2.31. The van der Waals surface area contributed by atoms with Crippen LogP contribution in [0.5, 0.6) is 0 Å². The molecule has 2 heterocycles. The molecular weight excluding hydrogens is 268 g/mol. The summed E-state index contributed by atoms with van der Waals surface area (Å²) >= 11 is 0. The molecule has 7 nitrogen and oxygen atoms in total. The first kappa shape index (κ1) is 13.7. The molecule has 1 fully saturated rings. The first-order valence-electron chi connectivity index (χ1n) is 6.95. The van der Waals surface area contributed by atoms with Crippen molar-refractivity contribution in [3.05, 3.63) is 42.5 Å². The van der Waals surface area contributed by atoms with Gasteiger partial charge in [-0.2, -0.15) is 5.10 Å². The largest absolute Gasteiger partial charge is 0.351 e. The highest BCUT2D eigenvalue weighted by molar-refractivity contribution is 5.82. The van der Waals surface area contributed by atoms with Gasteiger partial charge in [0.15, 0.2) is 0 Å². The van der Waals surface area contributed by atoms with E-state index in [9.17, 15) is 4.79 Å². The second-order valence-corrected chi connectivity index (χ2v) is 5.20. The number of carbonyl (C=O) groups is 1. The minimum absolute atomic E-state index is 0.0206. The van der Waals surface area contributed by atoms with Crippen molar-refractivity contribution in [1.29, 1.82) is 0 Å². The van der Waals surface area contributed by atoms with Crippen LogP contribution in [-0.4, -0.2) is 32.8 Å². The minimum Gasteiger partial charge on any atom is -0.351 e. The van der Waals surface area contributed by atoms with Crippen LogP contribution in [0.25, 0.3) is 5.69 Å². The number of aromatic nitrogens is 3. The molecule has 1 saturated heterocycles.